The second-order valence-electron chi connectivity index (χ2n) is 31.2. The van der Waals surface area contributed by atoms with Crippen LogP contribution in [0.5, 0.6) is 0 Å². The second kappa shape index (κ2) is 41.6. The highest BCUT2D eigenvalue weighted by molar-refractivity contribution is 5.99. The molecule has 578 valence electrons. The monoisotopic (exact) mass is 1440 g/mol. The Morgan fingerprint density at radius 1 is 0.485 bits per heavy atom. The highest BCUT2D eigenvalue weighted by Crippen LogP contribution is 2.24. The molecule has 11 amide bonds. The van der Waals surface area contributed by atoms with Gasteiger partial charge in [0.2, 0.25) is 65.0 Å². The number of likely N-dealkylation sites (N-methyl/N-ethyl adjacent to an activating group) is 6. The molecule has 1 aliphatic rings. The van der Waals surface area contributed by atoms with Crippen LogP contribution in [0.4, 0.5) is 0 Å². The van der Waals surface area contributed by atoms with Crippen molar-refractivity contribution in [2.45, 2.75) is 235 Å². The summed E-state index contributed by atoms with van der Waals surface area (Å²) in [6, 6.07) is 5.18. The van der Waals surface area contributed by atoms with Crippen LogP contribution >= 0.6 is 0 Å². The molecule has 1 heterocycles. The van der Waals surface area contributed by atoms with E-state index in [0.717, 1.165) is 5.56 Å². The number of benzene rings is 2. The number of carbonyl (C=O) groups excluding carboxylic acids is 12. The molecular formula is C77H126N12O14. The van der Waals surface area contributed by atoms with Crippen molar-refractivity contribution in [3.8, 4) is 0 Å². The van der Waals surface area contributed by atoms with Crippen molar-refractivity contribution in [1.82, 2.24) is 61.3 Å². The predicted molar refractivity (Wildman–Crippen MR) is 397 cm³/mol. The third kappa shape index (κ3) is 27.6. The number of nitrogens with one attached hydrogen (secondary N) is 6. The van der Waals surface area contributed by atoms with Gasteiger partial charge in [-0.3, -0.25) is 57.5 Å². The Hall–Kier alpha value is -7.84. The summed E-state index contributed by atoms with van der Waals surface area (Å²) in [5.74, 6) is -10.6. The van der Waals surface area contributed by atoms with Gasteiger partial charge in [0, 0.05) is 61.8 Å². The zero-order valence-electron chi connectivity index (χ0n) is 65.9. The van der Waals surface area contributed by atoms with Crippen molar-refractivity contribution in [3.05, 3.63) is 71.8 Å². The number of hydrogen-bond donors (Lipinski definition) is 7. The number of nitrogens with zero attached hydrogens (tertiary/aromatic N) is 6. The van der Waals surface area contributed by atoms with E-state index in [2.05, 4.69) is 31.9 Å². The van der Waals surface area contributed by atoms with E-state index in [1.54, 1.807) is 77.1 Å². The minimum atomic E-state index is -1.66. The summed E-state index contributed by atoms with van der Waals surface area (Å²) >= 11 is 0. The maximum Gasteiger partial charge on any atom is 0.245 e. The molecule has 0 bridgehead atoms. The summed E-state index contributed by atoms with van der Waals surface area (Å²) in [4.78, 5) is 185. The minimum absolute atomic E-state index is 0.0282. The van der Waals surface area contributed by atoms with Gasteiger partial charge in [-0.15, -0.1) is 0 Å². The molecule has 0 aliphatic carbocycles. The lowest BCUT2D eigenvalue weighted by molar-refractivity contribution is -0.149. The average molecular weight is 1440 g/mol. The maximum absolute atomic E-state index is 15.2. The molecule has 7 N–H and O–H groups in total. The molecular weight excluding hydrogens is 1320 g/mol. The van der Waals surface area contributed by atoms with Gasteiger partial charge in [-0.2, -0.15) is 0 Å². The summed E-state index contributed by atoms with van der Waals surface area (Å²) in [6.45, 7) is 29.0. The van der Waals surface area contributed by atoms with Gasteiger partial charge in [0.05, 0.1) is 42.7 Å². The zero-order valence-corrected chi connectivity index (χ0v) is 65.9. The molecule has 103 heavy (non-hydrogen) atoms. The van der Waals surface area contributed by atoms with Gasteiger partial charge in [-0.05, 0) is 114 Å². The molecule has 0 radical (unpaired) electrons. The Labute approximate surface area is 613 Å². The fourth-order valence-electron chi connectivity index (χ4n) is 12.8. The molecule has 26 heteroatoms. The lowest BCUT2D eigenvalue weighted by Crippen LogP contribution is -2.62. The molecule has 14 atom stereocenters. The van der Waals surface area contributed by atoms with Gasteiger partial charge in [0.1, 0.15) is 54.4 Å². The fourth-order valence-corrected chi connectivity index (χ4v) is 12.8. The van der Waals surface area contributed by atoms with Gasteiger partial charge >= 0.3 is 0 Å². The Morgan fingerprint density at radius 3 is 1.45 bits per heavy atom. The number of amides is 11. The molecule has 0 saturated carbocycles. The summed E-state index contributed by atoms with van der Waals surface area (Å²) in [6.07, 6.45) is -0.439. The van der Waals surface area contributed by atoms with Crippen molar-refractivity contribution >= 4 is 70.8 Å². The van der Waals surface area contributed by atoms with Gasteiger partial charge < -0.3 is 71.1 Å². The van der Waals surface area contributed by atoms with Crippen LogP contribution in [0.2, 0.25) is 0 Å². The van der Waals surface area contributed by atoms with E-state index in [1.807, 2.05) is 80.5 Å². The van der Waals surface area contributed by atoms with Crippen LogP contribution in [0.1, 0.15) is 161 Å². The van der Waals surface area contributed by atoms with Gasteiger partial charge in [-0.1, -0.05) is 143 Å². The predicted octanol–water partition coefficient (Wildman–Crippen LogP) is 4.38. The molecule has 2 aromatic rings. The molecule has 3 rings (SSSR count). The standard InChI is InChI=1S/C77H126N12O14/c1-24-49(10)65-76(102)84(18)43-50(11)71(97)87(21)61(37-47(6)7)68(94)82-59(44-103-77(15,16)17)67(93)80-57(36-46(4)5)66(92)79-51(12)72(98)85(19)52(13)73(99)86(20)60(40-55-33-29-26-30-34-55)63(91)42-78-41-56(35-45(2)3)74(100)88(22)62(38-48(8)9)69(95)83-64(53(14)90)70(96)81-58(75(101)89(65)23)39-54-31-27-25-28-32-54/h25-34,45-53,56-62,64-65,78,90H,24,35-44H2,1-23H3,(H,79,92)(H,80,93)(H,81,96)(H,82,94)(H,83,95)/t49?,50-,51+,52+,53-,56-,57+,58+,59+,60+,61+,62+,64+,65+/m1/s1. The summed E-state index contributed by atoms with van der Waals surface area (Å²) < 4.78 is 6.10. The average Bonchev–Trinajstić information content (AvgIpc) is 0.832. The quantitative estimate of drug-likeness (QED) is 0.116. The van der Waals surface area contributed by atoms with E-state index in [9.17, 15) is 53.1 Å². The first-order valence-corrected chi connectivity index (χ1v) is 36.7. The number of ketones is 1. The first kappa shape index (κ1) is 89.4. The second-order valence-corrected chi connectivity index (χ2v) is 31.2. The Kier molecular flexibility index (Phi) is 36.1. The van der Waals surface area contributed by atoms with E-state index in [1.165, 1.54) is 92.5 Å². The van der Waals surface area contributed by atoms with Crippen molar-refractivity contribution in [1.29, 1.82) is 0 Å². The van der Waals surface area contributed by atoms with Crippen LogP contribution in [-0.4, -0.2) is 246 Å². The van der Waals surface area contributed by atoms with E-state index in [0.29, 0.717) is 18.4 Å². The number of Topliss-reactive ketones (excluding diaryl/α,β-unsaturated/α-hetero) is 1. The van der Waals surface area contributed by atoms with Crippen LogP contribution in [0.3, 0.4) is 0 Å². The number of rotatable bonds is 17. The molecule has 26 nitrogen and oxygen atoms in total. The number of ether oxygens (including phenoxy) is 1. The highest BCUT2D eigenvalue weighted by atomic mass is 16.5. The molecule has 0 aromatic heterocycles. The fraction of sp³-hybridized carbons (Fsp3) is 0.688. The smallest absolute Gasteiger partial charge is 0.245 e. The van der Waals surface area contributed by atoms with Crippen LogP contribution < -0.4 is 31.9 Å². The number of hydrogen-bond acceptors (Lipinski definition) is 15. The summed E-state index contributed by atoms with van der Waals surface area (Å²) in [7, 11) is 8.78. The number of aliphatic hydroxyl groups is 1. The number of carbonyl (C=O) groups is 12. The van der Waals surface area contributed by atoms with Crippen LogP contribution in [-0.2, 0) is 75.1 Å². The van der Waals surface area contributed by atoms with E-state index < -0.39 is 161 Å². The van der Waals surface area contributed by atoms with E-state index in [4.69, 9.17) is 4.74 Å². The van der Waals surface area contributed by atoms with Crippen molar-refractivity contribution in [2.24, 2.45) is 41.4 Å². The Morgan fingerprint density at radius 2 is 0.951 bits per heavy atom. The molecule has 1 saturated heterocycles. The lowest BCUT2D eigenvalue weighted by atomic mass is 9.93. The van der Waals surface area contributed by atoms with E-state index in [-0.39, 0.29) is 82.0 Å². The maximum atomic E-state index is 15.2. The van der Waals surface area contributed by atoms with Crippen molar-refractivity contribution < 1.29 is 67.4 Å². The van der Waals surface area contributed by atoms with Crippen molar-refractivity contribution in [3.63, 3.8) is 0 Å². The van der Waals surface area contributed by atoms with Crippen LogP contribution in [0.25, 0.3) is 0 Å². The molecule has 1 aliphatic heterocycles. The minimum Gasteiger partial charge on any atom is -0.391 e. The summed E-state index contributed by atoms with van der Waals surface area (Å²) in [5.41, 5.74) is 0.553. The Balaban J connectivity index is 2.30. The molecule has 1 unspecified atom stereocenters. The van der Waals surface area contributed by atoms with Crippen LogP contribution in [0, 0.1) is 41.4 Å². The van der Waals surface area contributed by atoms with Gasteiger partial charge in [0.25, 0.3) is 0 Å². The van der Waals surface area contributed by atoms with Gasteiger partial charge in [0.15, 0.2) is 5.78 Å². The first-order chi connectivity index (χ1) is 47.9. The highest BCUT2D eigenvalue weighted by Gasteiger charge is 2.43. The third-order valence-electron chi connectivity index (χ3n) is 19.1. The molecule has 1 fully saturated rings. The largest absolute Gasteiger partial charge is 0.391 e. The Bertz CT molecular complexity index is 3140. The zero-order chi connectivity index (χ0) is 78.2. The van der Waals surface area contributed by atoms with E-state index >= 15 is 9.59 Å². The molecule has 0 spiro atoms. The summed E-state index contributed by atoms with van der Waals surface area (Å²) in [5, 5.41) is 28.4. The normalized spacial score (nSPS) is 26.3. The SMILES string of the molecule is CCC(C)[C@H]1C(=O)N(C)C[C@@H](C)C(=O)N(C)[C@@H](CC(C)C)C(=O)N[C@@H](COC(C)(C)C)C(=O)N[C@@H](CC(C)C)C(=O)N[C@@H](C)C(=O)N(C)[C@@H](C)C(=O)N(C)[C@@H](Cc2ccccc2)C(=O)CNC[C@@H](CC(C)C)C(=O)N(C)[C@@H](CC(C)C)C(=O)N[C@@H]([C@@H](C)O)C(=O)N[C@@H](Cc2ccccc2)C(=O)N1C. The van der Waals surface area contributed by atoms with Crippen molar-refractivity contribution in [2.75, 3.05) is 68.5 Å². The first-order valence-electron chi connectivity index (χ1n) is 36.7. The topological polar surface area (TPSA) is 326 Å². The van der Waals surface area contributed by atoms with Gasteiger partial charge in [-0.25, -0.2) is 0 Å². The molecule has 2 aromatic carbocycles. The third-order valence-corrected chi connectivity index (χ3v) is 19.1. The number of aliphatic hydroxyl groups excluding tert-OH is 1. The van der Waals surface area contributed by atoms with Crippen LogP contribution in [0.15, 0.2) is 60.7 Å². The lowest BCUT2D eigenvalue weighted by Gasteiger charge is -2.37.